The van der Waals surface area contributed by atoms with Crippen LogP contribution in [0.1, 0.15) is 46.0 Å². The summed E-state index contributed by atoms with van der Waals surface area (Å²) < 4.78 is 0. The molecule has 0 aromatic rings. The summed E-state index contributed by atoms with van der Waals surface area (Å²) in [6.45, 7) is 7.49. The minimum Gasteiger partial charge on any atom is -0.298 e. The normalized spacial score (nSPS) is 28.2. The standard InChI is InChI=1S/C11H21N/c1-10(2)9-11-5-3-7-12(11)8-4-6-11/h10H,3-9H2,1-2H3. The maximum atomic E-state index is 2.76. The molecule has 2 aliphatic heterocycles. The molecule has 0 aromatic carbocycles. The second-order valence-corrected chi connectivity index (χ2v) is 5.02. The van der Waals surface area contributed by atoms with Crippen LogP contribution < -0.4 is 0 Å². The fourth-order valence-electron chi connectivity index (χ4n) is 3.32. The Hall–Kier alpha value is -0.0400. The predicted molar refractivity (Wildman–Crippen MR) is 52.2 cm³/mol. The first-order valence-corrected chi connectivity index (χ1v) is 5.48. The molecule has 2 fully saturated rings. The summed E-state index contributed by atoms with van der Waals surface area (Å²) >= 11 is 0. The van der Waals surface area contributed by atoms with Gasteiger partial charge in [-0.3, -0.25) is 4.90 Å². The van der Waals surface area contributed by atoms with Crippen LogP contribution in [0, 0.1) is 5.92 Å². The molecule has 0 radical (unpaired) electrons. The van der Waals surface area contributed by atoms with E-state index in [9.17, 15) is 0 Å². The summed E-state index contributed by atoms with van der Waals surface area (Å²) in [5.74, 6) is 0.878. The Labute approximate surface area is 76.1 Å². The molecule has 1 nitrogen and oxygen atoms in total. The van der Waals surface area contributed by atoms with E-state index in [4.69, 9.17) is 0 Å². The van der Waals surface area contributed by atoms with E-state index in [1.807, 2.05) is 0 Å². The first-order chi connectivity index (χ1) is 5.73. The van der Waals surface area contributed by atoms with Crippen molar-refractivity contribution in [2.45, 2.75) is 51.5 Å². The monoisotopic (exact) mass is 167 g/mol. The van der Waals surface area contributed by atoms with Crippen molar-refractivity contribution in [2.75, 3.05) is 13.1 Å². The van der Waals surface area contributed by atoms with Crippen LogP contribution in [0.25, 0.3) is 0 Å². The Morgan fingerprint density at radius 3 is 2.25 bits per heavy atom. The lowest BCUT2D eigenvalue weighted by Crippen LogP contribution is -2.39. The number of fused-ring (bicyclic) bond motifs is 1. The van der Waals surface area contributed by atoms with Crippen LogP contribution in [-0.2, 0) is 0 Å². The molecule has 2 heterocycles. The molecule has 0 atom stereocenters. The van der Waals surface area contributed by atoms with Crippen molar-refractivity contribution in [3.63, 3.8) is 0 Å². The summed E-state index contributed by atoms with van der Waals surface area (Å²) in [5.41, 5.74) is 0.661. The Balaban J connectivity index is 2.06. The second-order valence-electron chi connectivity index (χ2n) is 5.02. The van der Waals surface area contributed by atoms with Crippen LogP contribution in [0.2, 0.25) is 0 Å². The minimum atomic E-state index is 0.661. The molecule has 0 bridgehead atoms. The van der Waals surface area contributed by atoms with Crippen LogP contribution in [-0.4, -0.2) is 23.5 Å². The zero-order chi connectivity index (χ0) is 8.60. The molecule has 2 rings (SSSR count). The van der Waals surface area contributed by atoms with Gasteiger partial charge in [-0.2, -0.15) is 0 Å². The Morgan fingerprint density at radius 2 is 1.75 bits per heavy atom. The van der Waals surface area contributed by atoms with Gasteiger partial charge in [0.1, 0.15) is 0 Å². The minimum absolute atomic E-state index is 0.661. The maximum Gasteiger partial charge on any atom is 0.0213 e. The highest BCUT2D eigenvalue weighted by molar-refractivity contribution is 5.00. The van der Waals surface area contributed by atoms with Crippen LogP contribution in [0.15, 0.2) is 0 Å². The zero-order valence-electron chi connectivity index (χ0n) is 8.47. The summed E-state index contributed by atoms with van der Waals surface area (Å²) in [4.78, 5) is 2.76. The third-order valence-electron chi connectivity index (χ3n) is 3.60. The van der Waals surface area contributed by atoms with E-state index in [1.54, 1.807) is 0 Å². The highest BCUT2D eigenvalue weighted by Crippen LogP contribution is 2.42. The molecule has 0 aromatic heterocycles. The summed E-state index contributed by atoms with van der Waals surface area (Å²) in [5, 5.41) is 0. The van der Waals surface area contributed by atoms with Crippen molar-refractivity contribution in [1.29, 1.82) is 0 Å². The zero-order valence-corrected chi connectivity index (χ0v) is 8.47. The van der Waals surface area contributed by atoms with Crippen LogP contribution in [0.4, 0.5) is 0 Å². The highest BCUT2D eigenvalue weighted by Gasteiger charge is 2.43. The van der Waals surface area contributed by atoms with Crippen molar-refractivity contribution < 1.29 is 0 Å². The second kappa shape index (κ2) is 3.02. The lowest BCUT2D eigenvalue weighted by molar-refractivity contribution is 0.163. The van der Waals surface area contributed by atoms with Crippen molar-refractivity contribution in [3.05, 3.63) is 0 Å². The van der Waals surface area contributed by atoms with Gasteiger partial charge in [0.15, 0.2) is 0 Å². The van der Waals surface area contributed by atoms with Crippen LogP contribution >= 0.6 is 0 Å². The third kappa shape index (κ3) is 1.28. The molecule has 2 aliphatic rings. The van der Waals surface area contributed by atoms with Gasteiger partial charge in [-0.25, -0.2) is 0 Å². The Kier molecular flexibility index (Phi) is 2.16. The lowest BCUT2D eigenvalue weighted by atomic mass is 9.85. The van der Waals surface area contributed by atoms with Gasteiger partial charge >= 0.3 is 0 Å². The molecule has 0 N–H and O–H groups in total. The molecule has 0 spiro atoms. The smallest absolute Gasteiger partial charge is 0.0213 e. The topological polar surface area (TPSA) is 3.24 Å². The molecule has 0 saturated carbocycles. The summed E-state index contributed by atoms with van der Waals surface area (Å²) in [7, 11) is 0. The molecule has 0 unspecified atom stereocenters. The third-order valence-corrected chi connectivity index (χ3v) is 3.60. The van der Waals surface area contributed by atoms with E-state index in [0.29, 0.717) is 5.54 Å². The number of rotatable bonds is 2. The Morgan fingerprint density at radius 1 is 1.17 bits per heavy atom. The Bertz CT molecular complexity index is 152. The molecular formula is C11H21N. The summed E-state index contributed by atoms with van der Waals surface area (Å²) in [6, 6.07) is 0. The first-order valence-electron chi connectivity index (χ1n) is 5.48. The number of hydrogen-bond acceptors (Lipinski definition) is 1. The molecule has 12 heavy (non-hydrogen) atoms. The van der Waals surface area contributed by atoms with Crippen LogP contribution in [0.3, 0.4) is 0 Å². The quantitative estimate of drug-likeness (QED) is 0.611. The molecule has 1 heteroatoms. The average Bonchev–Trinajstić information content (AvgIpc) is 2.42. The lowest BCUT2D eigenvalue weighted by Gasteiger charge is -2.33. The van der Waals surface area contributed by atoms with E-state index < -0.39 is 0 Å². The van der Waals surface area contributed by atoms with Gasteiger partial charge in [-0.15, -0.1) is 0 Å². The van der Waals surface area contributed by atoms with E-state index >= 15 is 0 Å². The van der Waals surface area contributed by atoms with Gasteiger partial charge in [-0.1, -0.05) is 13.8 Å². The molecule has 70 valence electrons. The van der Waals surface area contributed by atoms with E-state index in [0.717, 1.165) is 5.92 Å². The molecule has 0 amide bonds. The van der Waals surface area contributed by atoms with Crippen molar-refractivity contribution in [2.24, 2.45) is 5.92 Å². The van der Waals surface area contributed by atoms with Gasteiger partial charge < -0.3 is 0 Å². The number of nitrogens with zero attached hydrogens (tertiary/aromatic N) is 1. The van der Waals surface area contributed by atoms with Crippen molar-refractivity contribution in [1.82, 2.24) is 4.90 Å². The molecule has 2 saturated heterocycles. The van der Waals surface area contributed by atoms with Crippen molar-refractivity contribution >= 4 is 0 Å². The maximum absolute atomic E-state index is 2.76. The number of hydrogen-bond donors (Lipinski definition) is 0. The largest absolute Gasteiger partial charge is 0.298 e. The summed E-state index contributed by atoms with van der Waals surface area (Å²) in [6.07, 6.45) is 7.29. The van der Waals surface area contributed by atoms with E-state index in [1.165, 1.54) is 45.2 Å². The van der Waals surface area contributed by atoms with E-state index in [-0.39, 0.29) is 0 Å². The average molecular weight is 167 g/mol. The van der Waals surface area contributed by atoms with Gasteiger partial charge in [0, 0.05) is 5.54 Å². The molecule has 0 aliphatic carbocycles. The fraction of sp³-hybridized carbons (Fsp3) is 1.00. The van der Waals surface area contributed by atoms with Gasteiger partial charge in [0.05, 0.1) is 0 Å². The highest BCUT2D eigenvalue weighted by atomic mass is 15.2. The van der Waals surface area contributed by atoms with Crippen molar-refractivity contribution in [3.8, 4) is 0 Å². The van der Waals surface area contributed by atoms with Gasteiger partial charge in [0.2, 0.25) is 0 Å². The fourth-order valence-corrected chi connectivity index (χ4v) is 3.32. The molecular weight excluding hydrogens is 146 g/mol. The SMILES string of the molecule is CC(C)CC12CCCN1CCC2. The van der Waals surface area contributed by atoms with E-state index in [2.05, 4.69) is 18.7 Å². The first kappa shape index (κ1) is 8.55. The van der Waals surface area contributed by atoms with Gasteiger partial charge in [-0.05, 0) is 51.1 Å². The van der Waals surface area contributed by atoms with Gasteiger partial charge in [0.25, 0.3) is 0 Å². The van der Waals surface area contributed by atoms with Crippen LogP contribution in [0.5, 0.6) is 0 Å². The predicted octanol–water partition coefficient (Wildman–Crippen LogP) is 2.66.